The summed E-state index contributed by atoms with van der Waals surface area (Å²) in [6.07, 6.45) is 2.23. The first kappa shape index (κ1) is 16.3. The molecule has 1 aromatic carbocycles. The van der Waals surface area contributed by atoms with Crippen molar-refractivity contribution in [2.75, 3.05) is 17.6 Å². The molecule has 20 heavy (non-hydrogen) atoms. The number of benzene rings is 1. The molecule has 112 valence electrons. The molecule has 1 aromatic rings. The topological polar surface area (TPSA) is 67.2 Å². The Morgan fingerprint density at radius 3 is 2.55 bits per heavy atom. The van der Waals surface area contributed by atoms with Crippen molar-refractivity contribution >= 4 is 17.3 Å². The third-order valence-corrected chi connectivity index (χ3v) is 3.20. The number of amides is 1. The Kier molecular flexibility index (Phi) is 6.36. The van der Waals surface area contributed by atoms with E-state index in [1.807, 2.05) is 13.0 Å². The van der Waals surface area contributed by atoms with Gasteiger partial charge in [-0.2, -0.15) is 0 Å². The smallest absolute Gasteiger partial charge is 0.253 e. The number of rotatable bonds is 7. The van der Waals surface area contributed by atoms with Crippen LogP contribution < -0.4 is 16.4 Å². The molecule has 4 heteroatoms. The van der Waals surface area contributed by atoms with E-state index in [-0.39, 0.29) is 5.91 Å². The van der Waals surface area contributed by atoms with Crippen molar-refractivity contribution in [1.82, 2.24) is 5.32 Å². The summed E-state index contributed by atoms with van der Waals surface area (Å²) in [6.45, 7) is 9.09. The standard InChI is InChI=1S/C16H27N3O/c1-5-18-16(20)14-9-8-13(17)10-15(14)19-12(4)7-6-11(2)3/h8-12,19H,5-7,17H2,1-4H3,(H,18,20). The van der Waals surface area contributed by atoms with Crippen molar-refractivity contribution in [2.24, 2.45) is 5.92 Å². The van der Waals surface area contributed by atoms with Crippen LogP contribution in [0.15, 0.2) is 18.2 Å². The van der Waals surface area contributed by atoms with Gasteiger partial charge in [0.25, 0.3) is 5.91 Å². The van der Waals surface area contributed by atoms with E-state index in [0.29, 0.717) is 29.8 Å². The summed E-state index contributed by atoms with van der Waals surface area (Å²) < 4.78 is 0. The zero-order valence-electron chi connectivity index (χ0n) is 13.0. The van der Waals surface area contributed by atoms with Crippen LogP contribution in [0.1, 0.15) is 50.9 Å². The molecule has 4 nitrogen and oxygen atoms in total. The highest BCUT2D eigenvalue weighted by Crippen LogP contribution is 2.21. The average molecular weight is 277 g/mol. The lowest BCUT2D eigenvalue weighted by molar-refractivity contribution is 0.0956. The van der Waals surface area contributed by atoms with Crippen LogP contribution in [0.25, 0.3) is 0 Å². The Morgan fingerprint density at radius 1 is 1.25 bits per heavy atom. The first-order chi connectivity index (χ1) is 9.43. The zero-order chi connectivity index (χ0) is 15.1. The van der Waals surface area contributed by atoms with Gasteiger partial charge in [0.15, 0.2) is 0 Å². The van der Waals surface area contributed by atoms with Crippen molar-refractivity contribution in [2.45, 2.75) is 46.6 Å². The minimum atomic E-state index is -0.0638. The second kappa shape index (κ2) is 7.78. The van der Waals surface area contributed by atoms with Gasteiger partial charge >= 0.3 is 0 Å². The van der Waals surface area contributed by atoms with Gasteiger partial charge in [0, 0.05) is 24.0 Å². The van der Waals surface area contributed by atoms with Crippen LogP contribution >= 0.6 is 0 Å². The summed E-state index contributed by atoms with van der Waals surface area (Å²) in [4.78, 5) is 12.0. The fraction of sp³-hybridized carbons (Fsp3) is 0.562. The third kappa shape index (κ3) is 5.11. The lowest BCUT2D eigenvalue weighted by Crippen LogP contribution is -2.25. The molecular formula is C16H27N3O. The molecule has 0 saturated carbocycles. The SMILES string of the molecule is CCNC(=O)c1ccc(N)cc1NC(C)CCC(C)C. The molecule has 0 aliphatic rings. The maximum atomic E-state index is 12.0. The Morgan fingerprint density at radius 2 is 1.95 bits per heavy atom. The first-order valence-electron chi connectivity index (χ1n) is 7.38. The summed E-state index contributed by atoms with van der Waals surface area (Å²) >= 11 is 0. The van der Waals surface area contributed by atoms with Crippen LogP contribution in [0.5, 0.6) is 0 Å². The van der Waals surface area contributed by atoms with E-state index in [2.05, 4.69) is 31.4 Å². The number of nitrogens with one attached hydrogen (secondary N) is 2. The van der Waals surface area contributed by atoms with Crippen molar-refractivity contribution in [3.05, 3.63) is 23.8 Å². The summed E-state index contributed by atoms with van der Waals surface area (Å²) in [6, 6.07) is 5.68. The second-order valence-corrected chi connectivity index (χ2v) is 5.68. The maximum Gasteiger partial charge on any atom is 0.253 e. The molecule has 0 aliphatic heterocycles. The second-order valence-electron chi connectivity index (χ2n) is 5.68. The molecule has 0 aromatic heterocycles. The molecule has 0 aliphatic carbocycles. The van der Waals surface area contributed by atoms with Gasteiger partial charge in [-0.1, -0.05) is 13.8 Å². The van der Waals surface area contributed by atoms with Gasteiger partial charge < -0.3 is 16.4 Å². The lowest BCUT2D eigenvalue weighted by Gasteiger charge is -2.19. The molecule has 0 spiro atoms. The first-order valence-corrected chi connectivity index (χ1v) is 7.38. The van der Waals surface area contributed by atoms with E-state index >= 15 is 0 Å². The average Bonchev–Trinajstić information content (AvgIpc) is 2.36. The van der Waals surface area contributed by atoms with E-state index in [1.165, 1.54) is 0 Å². The van der Waals surface area contributed by atoms with Crippen LogP contribution in [-0.2, 0) is 0 Å². The molecule has 0 fully saturated rings. The van der Waals surface area contributed by atoms with Crippen LogP contribution in [0.4, 0.5) is 11.4 Å². The van der Waals surface area contributed by atoms with E-state index in [1.54, 1.807) is 12.1 Å². The van der Waals surface area contributed by atoms with Gasteiger partial charge in [0.2, 0.25) is 0 Å². The summed E-state index contributed by atoms with van der Waals surface area (Å²) in [5.41, 5.74) is 7.95. The Hall–Kier alpha value is -1.71. The van der Waals surface area contributed by atoms with Crippen molar-refractivity contribution < 1.29 is 4.79 Å². The van der Waals surface area contributed by atoms with E-state index in [0.717, 1.165) is 18.5 Å². The van der Waals surface area contributed by atoms with Crippen molar-refractivity contribution in [1.29, 1.82) is 0 Å². The fourth-order valence-electron chi connectivity index (χ4n) is 2.06. The molecule has 0 heterocycles. The van der Waals surface area contributed by atoms with Gasteiger partial charge in [0.1, 0.15) is 0 Å². The maximum absolute atomic E-state index is 12.0. The number of carbonyl (C=O) groups is 1. The monoisotopic (exact) mass is 277 g/mol. The van der Waals surface area contributed by atoms with Crippen molar-refractivity contribution in [3.63, 3.8) is 0 Å². The minimum Gasteiger partial charge on any atom is -0.399 e. The quantitative estimate of drug-likeness (QED) is 0.670. The highest BCUT2D eigenvalue weighted by Gasteiger charge is 2.13. The largest absolute Gasteiger partial charge is 0.399 e. The van der Waals surface area contributed by atoms with Crippen LogP contribution in [0.3, 0.4) is 0 Å². The van der Waals surface area contributed by atoms with Crippen LogP contribution in [0, 0.1) is 5.92 Å². The van der Waals surface area contributed by atoms with E-state index in [9.17, 15) is 4.79 Å². The lowest BCUT2D eigenvalue weighted by atomic mass is 10.0. The van der Waals surface area contributed by atoms with Crippen LogP contribution in [0.2, 0.25) is 0 Å². The summed E-state index contributed by atoms with van der Waals surface area (Å²) in [5, 5.41) is 6.23. The van der Waals surface area contributed by atoms with E-state index < -0.39 is 0 Å². The molecule has 1 amide bonds. The number of nitrogen functional groups attached to an aromatic ring is 1. The van der Waals surface area contributed by atoms with Gasteiger partial charge in [0.05, 0.1) is 5.56 Å². The van der Waals surface area contributed by atoms with Gasteiger partial charge in [-0.05, 0) is 50.8 Å². The number of anilines is 2. The number of hydrogen-bond acceptors (Lipinski definition) is 3. The Labute approximate surface area is 122 Å². The third-order valence-electron chi connectivity index (χ3n) is 3.20. The normalized spacial score (nSPS) is 12.2. The molecule has 1 unspecified atom stereocenters. The number of hydrogen-bond donors (Lipinski definition) is 3. The predicted octanol–water partition coefficient (Wildman–Crippen LogP) is 3.26. The molecule has 0 saturated heterocycles. The summed E-state index contributed by atoms with van der Waals surface area (Å²) in [5.74, 6) is 0.619. The Bertz CT molecular complexity index is 443. The number of carbonyl (C=O) groups excluding carboxylic acids is 1. The highest BCUT2D eigenvalue weighted by atomic mass is 16.1. The molecule has 1 atom stereocenters. The predicted molar refractivity (Wildman–Crippen MR) is 86.0 cm³/mol. The van der Waals surface area contributed by atoms with Gasteiger partial charge in [-0.15, -0.1) is 0 Å². The minimum absolute atomic E-state index is 0.0638. The Balaban J connectivity index is 2.81. The fourth-order valence-corrected chi connectivity index (χ4v) is 2.06. The number of nitrogens with two attached hydrogens (primary N) is 1. The molecule has 0 radical (unpaired) electrons. The van der Waals surface area contributed by atoms with Crippen LogP contribution in [-0.4, -0.2) is 18.5 Å². The molecular weight excluding hydrogens is 250 g/mol. The van der Waals surface area contributed by atoms with E-state index in [4.69, 9.17) is 5.73 Å². The molecule has 4 N–H and O–H groups in total. The van der Waals surface area contributed by atoms with Gasteiger partial charge in [-0.25, -0.2) is 0 Å². The summed E-state index contributed by atoms with van der Waals surface area (Å²) in [7, 11) is 0. The zero-order valence-corrected chi connectivity index (χ0v) is 13.0. The van der Waals surface area contributed by atoms with Crippen molar-refractivity contribution in [3.8, 4) is 0 Å². The molecule has 0 bridgehead atoms. The van der Waals surface area contributed by atoms with Gasteiger partial charge in [-0.3, -0.25) is 4.79 Å². The molecule has 1 rings (SSSR count). The highest BCUT2D eigenvalue weighted by molar-refractivity contribution is 6.00.